The van der Waals surface area contributed by atoms with Crippen molar-refractivity contribution < 1.29 is 31.1 Å². The van der Waals surface area contributed by atoms with Gasteiger partial charge in [0.15, 0.2) is 0 Å². The van der Waals surface area contributed by atoms with Crippen molar-refractivity contribution in [2.24, 2.45) is 7.05 Å². The summed E-state index contributed by atoms with van der Waals surface area (Å²) in [6, 6.07) is 2.20. The van der Waals surface area contributed by atoms with Crippen molar-refractivity contribution in [2.75, 3.05) is 5.32 Å². The Hall–Kier alpha value is -2.92. The molecular weight excluding hydrogens is 382 g/mol. The summed E-state index contributed by atoms with van der Waals surface area (Å²) in [5.74, 6) is 0. The maximum absolute atomic E-state index is 12.5. The van der Waals surface area contributed by atoms with E-state index in [1.807, 2.05) is 0 Å². The van der Waals surface area contributed by atoms with Crippen molar-refractivity contribution in [1.82, 2.24) is 14.7 Å². The molecule has 0 aliphatic rings. The molecular formula is C15H14F6N4O2. The van der Waals surface area contributed by atoms with Gasteiger partial charge < -0.3 is 10.6 Å². The molecule has 12 heteroatoms. The minimum Gasteiger partial charge on any atom is -0.318 e. The summed E-state index contributed by atoms with van der Waals surface area (Å²) in [5.41, 5.74) is -0.728. The number of carbonyl (C=O) groups is 1. The van der Waals surface area contributed by atoms with E-state index in [-0.39, 0.29) is 5.69 Å². The van der Waals surface area contributed by atoms with Crippen molar-refractivity contribution in [2.45, 2.75) is 25.3 Å². The summed E-state index contributed by atoms with van der Waals surface area (Å²) in [6.45, 7) is 1.38. The normalized spacial score (nSPS) is 12.3. The molecule has 0 saturated carbocycles. The minimum atomic E-state index is -5.74. The standard InChI is InChI=1S/C15H14F6N4O2/c1-8-10(11(26)25(24(8)2)9-6-4-3-5-7-9)22-13(27)23-12(14(16,17)18)15(19,20)21/h3-7,12H,1-2H3,(H2,22,23,27). The monoisotopic (exact) mass is 396 g/mol. The Morgan fingerprint density at radius 2 is 1.56 bits per heavy atom. The quantitative estimate of drug-likeness (QED) is 0.783. The number of aromatic nitrogens is 2. The van der Waals surface area contributed by atoms with E-state index in [0.717, 1.165) is 10.00 Å². The molecule has 6 nitrogen and oxygen atoms in total. The molecule has 27 heavy (non-hydrogen) atoms. The van der Waals surface area contributed by atoms with Gasteiger partial charge in [-0.25, -0.2) is 9.48 Å². The molecule has 2 amide bonds. The van der Waals surface area contributed by atoms with Crippen LogP contribution in [0, 0.1) is 6.92 Å². The predicted octanol–water partition coefficient (Wildman–Crippen LogP) is 3.10. The van der Waals surface area contributed by atoms with Crippen LogP contribution in [0.25, 0.3) is 5.69 Å². The van der Waals surface area contributed by atoms with Crippen molar-refractivity contribution in [3.63, 3.8) is 0 Å². The van der Waals surface area contributed by atoms with Crippen LogP contribution in [-0.4, -0.2) is 33.8 Å². The van der Waals surface area contributed by atoms with Crippen LogP contribution in [-0.2, 0) is 7.05 Å². The first-order valence-corrected chi connectivity index (χ1v) is 7.39. The molecule has 0 fully saturated rings. The van der Waals surface area contributed by atoms with Gasteiger partial charge in [-0.2, -0.15) is 26.3 Å². The van der Waals surface area contributed by atoms with E-state index in [4.69, 9.17) is 0 Å². The van der Waals surface area contributed by atoms with Gasteiger partial charge in [-0.15, -0.1) is 0 Å². The summed E-state index contributed by atoms with van der Waals surface area (Å²) in [4.78, 5) is 24.2. The second kappa shape index (κ2) is 7.00. The van der Waals surface area contributed by atoms with Crippen LogP contribution in [0.15, 0.2) is 35.1 Å². The summed E-state index contributed by atoms with van der Waals surface area (Å²) >= 11 is 0. The van der Waals surface area contributed by atoms with Crippen LogP contribution in [0.4, 0.5) is 36.8 Å². The number of nitrogens with one attached hydrogen (secondary N) is 2. The van der Waals surface area contributed by atoms with Crippen molar-refractivity contribution in [3.05, 3.63) is 46.4 Å². The Morgan fingerprint density at radius 1 is 1.04 bits per heavy atom. The molecule has 2 aromatic rings. The number of urea groups is 1. The number of nitrogens with zero attached hydrogens (tertiary/aromatic N) is 2. The molecule has 1 heterocycles. The van der Waals surface area contributed by atoms with Crippen LogP contribution in [0.3, 0.4) is 0 Å². The van der Waals surface area contributed by atoms with Gasteiger partial charge in [-0.05, 0) is 19.1 Å². The molecule has 0 saturated heterocycles. The van der Waals surface area contributed by atoms with Gasteiger partial charge in [0.2, 0.25) is 6.04 Å². The van der Waals surface area contributed by atoms with Crippen molar-refractivity contribution in [3.8, 4) is 5.69 Å². The molecule has 148 valence electrons. The number of anilines is 1. The summed E-state index contributed by atoms with van der Waals surface area (Å²) in [7, 11) is 1.45. The van der Waals surface area contributed by atoms with Gasteiger partial charge in [0, 0.05) is 7.05 Å². The van der Waals surface area contributed by atoms with Gasteiger partial charge in [0.1, 0.15) is 5.69 Å². The molecule has 1 aromatic heterocycles. The minimum absolute atomic E-state index is 0.134. The number of amides is 2. The summed E-state index contributed by atoms with van der Waals surface area (Å²) < 4.78 is 77.6. The molecule has 0 atom stereocenters. The van der Waals surface area contributed by atoms with Crippen molar-refractivity contribution in [1.29, 1.82) is 0 Å². The number of hydrogen-bond donors (Lipinski definition) is 2. The molecule has 2 rings (SSSR count). The zero-order valence-corrected chi connectivity index (χ0v) is 13.9. The molecule has 0 radical (unpaired) electrons. The highest BCUT2D eigenvalue weighted by molar-refractivity contribution is 5.90. The molecule has 0 spiro atoms. The molecule has 1 aromatic carbocycles. The number of benzene rings is 1. The maximum atomic E-state index is 12.5. The Labute approximate surface area is 148 Å². The van der Waals surface area contributed by atoms with E-state index < -0.39 is 35.7 Å². The SMILES string of the molecule is Cc1c(NC(=O)NC(C(F)(F)F)C(F)(F)F)c(=O)n(-c2ccccc2)n1C. The fraction of sp³-hybridized carbons (Fsp3) is 0.333. The zero-order valence-electron chi connectivity index (χ0n) is 13.9. The van der Waals surface area contributed by atoms with E-state index in [1.165, 1.54) is 18.7 Å². The van der Waals surface area contributed by atoms with Gasteiger partial charge >= 0.3 is 18.4 Å². The Bertz CT molecular complexity index is 869. The molecule has 0 unspecified atom stereocenters. The van der Waals surface area contributed by atoms with Crippen LogP contribution in [0.5, 0.6) is 0 Å². The number of alkyl halides is 6. The van der Waals surface area contributed by atoms with Crippen LogP contribution in [0.1, 0.15) is 5.69 Å². The number of hydrogen-bond acceptors (Lipinski definition) is 2. The van der Waals surface area contributed by atoms with Crippen LogP contribution in [0.2, 0.25) is 0 Å². The van der Waals surface area contributed by atoms with E-state index >= 15 is 0 Å². The first-order chi connectivity index (χ1) is 12.3. The fourth-order valence-electron chi connectivity index (χ4n) is 2.34. The van der Waals surface area contributed by atoms with Gasteiger partial charge in [-0.1, -0.05) is 18.2 Å². The average Bonchev–Trinajstić information content (AvgIpc) is 2.75. The lowest BCUT2D eigenvalue weighted by Crippen LogP contribution is -2.55. The highest BCUT2D eigenvalue weighted by Crippen LogP contribution is 2.33. The van der Waals surface area contributed by atoms with E-state index in [2.05, 4.69) is 0 Å². The lowest BCUT2D eigenvalue weighted by atomic mass is 10.3. The Kier molecular flexibility index (Phi) is 5.29. The molecule has 0 aliphatic carbocycles. The lowest BCUT2D eigenvalue weighted by Gasteiger charge is -2.23. The number of halogens is 6. The number of rotatable bonds is 3. The average molecular weight is 396 g/mol. The highest BCUT2D eigenvalue weighted by atomic mass is 19.4. The lowest BCUT2D eigenvalue weighted by molar-refractivity contribution is -0.255. The zero-order chi connectivity index (χ0) is 20.6. The highest BCUT2D eigenvalue weighted by Gasteiger charge is 2.57. The van der Waals surface area contributed by atoms with Crippen molar-refractivity contribution >= 4 is 11.7 Å². The van der Waals surface area contributed by atoms with Gasteiger partial charge in [0.25, 0.3) is 5.56 Å². The molecule has 0 bridgehead atoms. The number of para-hydroxylation sites is 1. The van der Waals surface area contributed by atoms with Gasteiger partial charge in [0.05, 0.1) is 11.4 Å². The second-order valence-electron chi connectivity index (χ2n) is 5.55. The first-order valence-electron chi connectivity index (χ1n) is 7.39. The maximum Gasteiger partial charge on any atom is 0.417 e. The second-order valence-corrected chi connectivity index (χ2v) is 5.55. The first kappa shape index (κ1) is 20.4. The molecule has 2 N–H and O–H groups in total. The summed E-state index contributed by atoms with van der Waals surface area (Å²) in [5, 5.41) is 2.59. The van der Waals surface area contributed by atoms with Crippen LogP contribution < -0.4 is 16.2 Å². The third-order valence-electron chi connectivity index (χ3n) is 3.72. The summed E-state index contributed by atoms with van der Waals surface area (Å²) in [6.07, 6.45) is -11.5. The molecule has 0 aliphatic heterocycles. The third-order valence-corrected chi connectivity index (χ3v) is 3.72. The topological polar surface area (TPSA) is 68.1 Å². The number of carbonyl (C=O) groups excluding carboxylic acids is 1. The third kappa shape index (κ3) is 4.26. The Balaban J connectivity index is 2.33. The largest absolute Gasteiger partial charge is 0.417 e. The van der Waals surface area contributed by atoms with Crippen LogP contribution >= 0.6 is 0 Å². The smallest absolute Gasteiger partial charge is 0.318 e. The van der Waals surface area contributed by atoms with Gasteiger partial charge in [-0.3, -0.25) is 9.48 Å². The van der Waals surface area contributed by atoms with E-state index in [0.29, 0.717) is 5.69 Å². The van der Waals surface area contributed by atoms with E-state index in [9.17, 15) is 35.9 Å². The fourth-order valence-corrected chi connectivity index (χ4v) is 2.34. The predicted molar refractivity (Wildman–Crippen MR) is 83.8 cm³/mol. The van der Waals surface area contributed by atoms with E-state index in [1.54, 1.807) is 35.6 Å². The Morgan fingerprint density at radius 3 is 2.04 bits per heavy atom.